The van der Waals surface area contributed by atoms with Gasteiger partial charge in [0, 0.05) is 36.6 Å². The molecule has 4 rings (SSSR count). The molecule has 0 saturated carbocycles. The Hall–Kier alpha value is -2.89. The van der Waals surface area contributed by atoms with E-state index in [2.05, 4.69) is 34.1 Å². The van der Waals surface area contributed by atoms with Gasteiger partial charge in [-0.2, -0.15) is 8.78 Å². The number of ether oxygens (including phenoxy) is 1. The maximum Gasteiger partial charge on any atom is 0.387 e. The predicted octanol–water partition coefficient (Wildman–Crippen LogP) is 5.11. The Balaban J connectivity index is 1.28. The summed E-state index contributed by atoms with van der Waals surface area (Å²) in [7, 11) is 0. The van der Waals surface area contributed by atoms with Gasteiger partial charge in [-0.25, -0.2) is 0 Å². The van der Waals surface area contributed by atoms with Crippen LogP contribution in [0, 0.1) is 0 Å². The molecule has 2 aromatic carbocycles. The fourth-order valence-electron chi connectivity index (χ4n) is 4.12. The monoisotopic (exact) mass is 398 g/mol. The van der Waals surface area contributed by atoms with Crippen LogP contribution in [0.4, 0.5) is 8.78 Å². The van der Waals surface area contributed by atoms with Crippen LogP contribution in [-0.2, 0) is 11.2 Å². The third kappa shape index (κ3) is 4.58. The minimum Gasteiger partial charge on any atom is -0.435 e. The van der Waals surface area contributed by atoms with Crippen LogP contribution < -0.4 is 4.74 Å². The molecule has 0 aliphatic carbocycles. The first-order valence-corrected chi connectivity index (χ1v) is 9.97. The molecule has 4 nitrogen and oxygen atoms in total. The standard InChI is InChI=1S/C23H24F2N2O2/c24-23(25)29-18-8-5-16(6-9-18)7-10-22(28)27-13-11-17(12-14-27)20-15-26-21-4-2-1-3-19(20)21/h1-6,8-9,15,17,23,26H,7,10-14H2. The Morgan fingerprint density at radius 1 is 1.10 bits per heavy atom. The highest BCUT2D eigenvalue weighted by molar-refractivity contribution is 5.83. The van der Waals surface area contributed by atoms with Crippen molar-refractivity contribution in [1.82, 2.24) is 9.88 Å². The Morgan fingerprint density at radius 3 is 2.55 bits per heavy atom. The van der Waals surface area contributed by atoms with E-state index in [1.54, 1.807) is 12.1 Å². The molecule has 0 bridgehead atoms. The van der Waals surface area contributed by atoms with Gasteiger partial charge in [0.25, 0.3) is 0 Å². The van der Waals surface area contributed by atoms with E-state index in [-0.39, 0.29) is 11.7 Å². The molecule has 29 heavy (non-hydrogen) atoms. The molecule has 1 aliphatic heterocycles. The van der Waals surface area contributed by atoms with Crippen molar-refractivity contribution in [2.24, 2.45) is 0 Å². The number of alkyl halides is 2. The van der Waals surface area contributed by atoms with Crippen molar-refractivity contribution >= 4 is 16.8 Å². The number of aromatic amines is 1. The first-order chi connectivity index (χ1) is 14.1. The van der Waals surface area contributed by atoms with Gasteiger partial charge in [-0.3, -0.25) is 4.79 Å². The van der Waals surface area contributed by atoms with E-state index in [1.807, 2.05) is 11.0 Å². The van der Waals surface area contributed by atoms with E-state index in [1.165, 1.54) is 23.1 Å². The number of nitrogens with one attached hydrogen (secondary N) is 1. The van der Waals surface area contributed by atoms with Crippen LogP contribution in [0.3, 0.4) is 0 Å². The molecule has 1 aliphatic rings. The van der Waals surface area contributed by atoms with E-state index < -0.39 is 6.61 Å². The molecule has 1 fully saturated rings. The number of amides is 1. The number of hydrogen-bond donors (Lipinski definition) is 1. The highest BCUT2D eigenvalue weighted by Crippen LogP contribution is 2.33. The van der Waals surface area contributed by atoms with E-state index in [9.17, 15) is 13.6 Å². The van der Waals surface area contributed by atoms with Crippen LogP contribution >= 0.6 is 0 Å². The maximum atomic E-state index is 12.6. The van der Waals surface area contributed by atoms with E-state index in [4.69, 9.17) is 0 Å². The zero-order valence-electron chi connectivity index (χ0n) is 16.1. The van der Waals surface area contributed by atoms with Crippen molar-refractivity contribution in [3.8, 4) is 5.75 Å². The van der Waals surface area contributed by atoms with E-state index in [0.29, 0.717) is 18.8 Å². The summed E-state index contributed by atoms with van der Waals surface area (Å²) >= 11 is 0. The van der Waals surface area contributed by atoms with Gasteiger partial charge in [-0.05, 0) is 54.5 Å². The third-order valence-corrected chi connectivity index (χ3v) is 5.68. The van der Waals surface area contributed by atoms with Crippen molar-refractivity contribution in [3.05, 3.63) is 65.9 Å². The second-order valence-electron chi connectivity index (χ2n) is 7.47. The van der Waals surface area contributed by atoms with Gasteiger partial charge < -0.3 is 14.6 Å². The SMILES string of the molecule is O=C(CCc1ccc(OC(F)F)cc1)N1CCC(c2c[nH]c3ccccc23)CC1. The van der Waals surface area contributed by atoms with Gasteiger partial charge in [0.2, 0.25) is 5.91 Å². The van der Waals surface area contributed by atoms with Gasteiger partial charge in [0.1, 0.15) is 5.75 Å². The zero-order chi connectivity index (χ0) is 20.2. The van der Waals surface area contributed by atoms with Gasteiger partial charge in [0.15, 0.2) is 0 Å². The minimum atomic E-state index is -2.82. The molecule has 2 heterocycles. The minimum absolute atomic E-state index is 0.134. The Labute approximate surface area is 168 Å². The summed E-state index contributed by atoms with van der Waals surface area (Å²) in [4.78, 5) is 17.9. The molecule has 0 atom stereocenters. The number of aryl methyl sites for hydroxylation is 1. The average molecular weight is 398 g/mol. The average Bonchev–Trinajstić information content (AvgIpc) is 3.17. The lowest BCUT2D eigenvalue weighted by molar-refractivity contribution is -0.132. The quantitative estimate of drug-likeness (QED) is 0.627. The molecule has 0 spiro atoms. The third-order valence-electron chi connectivity index (χ3n) is 5.68. The number of hydrogen-bond acceptors (Lipinski definition) is 2. The number of H-pyrrole nitrogens is 1. The predicted molar refractivity (Wildman–Crippen MR) is 108 cm³/mol. The summed E-state index contributed by atoms with van der Waals surface area (Å²) in [5, 5.41) is 1.27. The highest BCUT2D eigenvalue weighted by atomic mass is 19.3. The van der Waals surface area contributed by atoms with Crippen LogP contribution in [0.25, 0.3) is 10.9 Å². The number of nitrogens with zero attached hydrogens (tertiary/aromatic N) is 1. The van der Waals surface area contributed by atoms with Crippen LogP contribution in [-0.4, -0.2) is 35.5 Å². The highest BCUT2D eigenvalue weighted by Gasteiger charge is 2.25. The molecule has 152 valence electrons. The summed E-state index contributed by atoms with van der Waals surface area (Å²) in [5.41, 5.74) is 3.44. The van der Waals surface area contributed by atoms with Crippen LogP contribution in [0.1, 0.15) is 36.3 Å². The number of benzene rings is 2. The number of halogens is 2. The molecule has 6 heteroatoms. The number of aromatic nitrogens is 1. The smallest absolute Gasteiger partial charge is 0.387 e. The maximum absolute atomic E-state index is 12.6. The largest absolute Gasteiger partial charge is 0.435 e. The second kappa shape index (κ2) is 8.64. The number of carbonyl (C=O) groups is 1. The first-order valence-electron chi connectivity index (χ1n) is 9.97. The van der Waals surface area contributed by atoms with Crippen molar-refractivity contribution < 1.29 is 18.3 Å². The molecular weight excluding hydrogens is 374 g/mol. The molecule has 0 radical (unpaired) electrons. The first kappa shape index (κ1) is 19.4. The lowest BCUT2D eigenvalue weighted by Crippen LogP contribution is -2.38. The van der Waals surface area contributed by atoms with E-state index >= 15 is 0 Å². The second-order valence-corrected chi connectivity index (χ2v) is 7.47. The Morgan fingerprint density at radius 2 is 1.83 bits per heavy atom. The van der Waals surface area contributed by atoms with Gasteiger partial charge in [0.05, 0.1) is 0 Å². The van der Waals surface area contributed by atoms with Gasteiger partial charge >= 0.3 is 6.61 Å². The van der Waals surface area contributed by atoms with Gasteiger partial charge in [-0.1, -0.05) is 30.3 Å². The fourth-order valence-corrected chi connectivity index (χ4v) is 4.12. The van der Waals surface area contributed by atoms with Crippen molar-refractivity contribution in [2.75, 3.05) is 13.1 Å². The van der Waals surface area contributed by atoms with Crippen molar-refractivity contribution in [1.29, 1.82) is 0 Å². The topological polar surface area (TPSA) is 45.3 Å². The Bertz CT molecular complexity index is 960. The number of likely N-dealkylation sites (tertiary alicyclic amines) is 1. The van der Waals surface area contributed by atoms with Crippen molar-refractivity contribution in [2.45, 2.75) is 38.2 Å². The van der Waals surface area contributed by atoms with Crippen LogP contribution in [0.5, 0.6) is 5.75 Å². The molecular formula is C23H24F2N2O2. The molecule has 3 aromatic rings. The summed E-state index contributed by atoms with van der Waals surface area (Å²) in [6.45, 7) is -1.29. The normalized spacial score (nSPS) is 15.2. The molecule has 1 saturated heterocycles. The van der Waals surface area contributed by atoms with Crippen LogP contribution in [0.15, 0.2) is 54.7 Å². The summed E-state index contributed by atoms with van der Waals surface area (Å²) in [6.07, 6.45) is 5.05. The molecule has 1 amide bonds. The number of para-hydroxylation sites is 1. The number of rotatable bonds is 6. The number of piperidine rings is 1. The lowest BCUT2D eigenvalue weighted by atomic mass is 9.89. The summed E-state index contributed by atoms with van der Waals surface area (Å²) < 4.78 is 28.7. The lowest BCUT2D eigenvalue weighted by Gasteiger charge is -2.32. The fraction of sp³-hybridized carbons (Fsp3) is 0.348. The summed E-state index contributed by atoms with van der Waals surface area (Å²) in [6, 6.07) is 14.8. The molecule has 1 aromatic heterocycles. The molecule has 0 unspecified atom stereocenters. The van der Waals surface area contributed by atoms with E-state index in [0.717, 1.165) is 37.0 Å². The zero-order valence-corrected chi connectivity index (χ0v) is 16.1. The Kier molecular flexibility index (Phi) is 5.79. The summed E-state index contributed by atoms with van der Waals surface area (Å²) in [5.74, 6) is 0.752. The van der Waals surface area contributed by atoms with Crippen molar-refractivity contribution in [3.63, 3.8) is 0 Å². The van der Waals surface area contributed by atoms with Crippen LogP contribution in [0.2, 0.25) is 0 Å². The number of fused-ring (bicyclic) bond motifs is 1. The number of carbonyl (C=O) groups excluding carboxylic acids is 1. The van der Waals surface area contributed by atoms with Gasteiger partial charge in [-0.15, -0.1) is 0 Å². The molecule has 1 N–H and O–H groups in total.